The molecule has 2 aromatic heterocycles. The van der Waals surface area contributed by atoms with E-state index in [1.54, 1.807) is 11.3 Å². The van der Waals surface area contributed by atoms with Gasteiger partial charge in [0.05, 0.1) is 5.39 Å². The zero-order valence-corrected chi connectivity index (χ0v) is 13.5. The largest absolute Gasteiger partial charge is 0.364 e. The van der Waals surface area contributed by atoms with E-state index in [1.807, 2.05) is 0 Å². The van der Waals surface area contributed by atoms with Crippen molar-refractivity contribution in [3.8, 4) is 0 Å². The lowest BCUT2D eigenvalue weighted by atomic mass is 9.95. The lowest BCUT2D eigenvalue weighted by Crippen LogP contribution is -2.33. The van der Waals surface area contributed by atoms with Crippen LogP contribution in [-0.4, -0.2) is 15.5 Å². The molecule has 0 fully saturated rings. The highest BCUT2D eigenvalue weighted by atomic mass is 35.5. The number of nitrogens with zero attached hydrogens (tertiary/aromatic N) is 2. The summed E-state index contributed by atoms with van der Waals surface area (Å²) in [7, 11) is 0. The summed E-state index contributed by atoms with van der Waals surface area (Å²) in [4.78, 5) is 11.0. The summed E-state index contributed by atoms with van der Waals surface area (Å²) in [5, 5.41) is 4.94. The van der Waals surface area contributed by atoms with Gasteiger partial charge in [0.15, 0.2) is 0 Å². The van der Waals surface area contributed by atoms with Gasteiger partial charge in [0.2, 0.25) is 5.28 Å². The van der Waals surface area contributed by atoms with Crippen molar-refractivity contribution in [2.45, 2.75) is 52.5 Å². The Kier molecular flexibility index (Phi) is 4.31. The molecule has 1 N–H and O–H groups in total. The third-order valence-electron chi connectivity index (χ3n) is 3.75. The Morgan fingerprint density at radius 1 is 1.26 bits per heavy atom. The fourth-order valence-electron chi connectivity index (χ4n) is 1.93. The van der Waals surface area contributed by atoms with Gasteiger partial charge in [-0.15, -0.1) is 11.3 Å². The normalized spacial score (nSPS) is 12.1. The average Bonchev–Trinajstić information content (AvgIpc) is 2.81. The summed E-state index contributed by atoms with van der Waals surface area (Å²) in [6, 6.07) is 2.17. The SMILES string of the molecule is CCc1cc2c(NC(C)(CC)CC)nc(Cl)nc2s1. The molecule has 0 aliphatic carbocycles. The highest BCUT2D eigenvalue weighted by molar-refractivity contribution is 7.18. The lowest BCUT2D eigenvalue weighted by Gasteiger charge is -2.29. The van der Waals surface area contributed by atoms with Crippen molar-refractivity contribution >= 4 is 39.0 Å². The summed E-state index contributed by atoms with van der Waals surface area (Å²) in [6.07, 6.45) is 3.09. The van der Waals surface area contributed by atoms with Crippen LogP contribution in [0.5, 0.6) is 0 Å². The first-order valence-electron chi connectivity index (χ1n) is 6.75. The molecule has 0 atom stereocenters. The van der Waals surface area contributed by atoms with Crippen LogP contribution in [0.3, 0.4) is 0 Å². The second-order valence-electron chi connectivity index (χ2n) is 5.02. The minimum atomic E-state index is 0.0406. The molecule has 2 heterocycles. The zero-order valence-electron chi connectivity index (χ0n) is 11.9. The average molecular weight is 298 g/mol. The number of nitrogens with one attached hydrogen (secondary N) is 1. The van der Waals surface area contributed by atoms with Crippen molar-refractivity contribution in [1.29, 1.82) is 0 Å². The molecule has 3 nitrogen and oxygen atoms in total. The number of rotatable bonds is 5. The van der Waals surface area contributed by atoms with E-state index < -0.39 is 0 Å². The van der Waals surface area contributed by atoms with Crippen LogP contribution in [0.4, 0.5) is 5.82 Å². The van der Waals surface area contributed by atoms with Gasteiger partial charge in [0, 0.05) is 10.4 Å². The Balaban J connectivity index is 2.49. The Hall–Kier alpha value is -0.870. The first kappa shape index (κ1) is 14.5. The van der Waals surface area contributed by atoms with Gasteiger partial charge in [-0.05, 0) is 43.9 Å². The number of thiophene rings is 1. The number of halogens is 1. The van der Waals surface area contributed by atoms with E-state index in [0.29, 0.717) is 5.28 Å². The molecule has 0 saturated heterocycles. The first-order chi connectivity index (χ1) is 9.01. The van der Waals surface area contributed by atoms with Crippen LogP contribution in [0.1, 0.15) is 45.4 Å². The molecule has 0 radical (unpaired) electrons. The number of hydrogen-bond acceptors (Lipinski definition) is 4. The van der Waals surface area contributed by atoms with E-state index in [1.165, 1.54) is 4.88 Å². The van der Waals surface area contributed by atoms with E-state index in [0.717, 1.165) is 35.3 Å². The summed E-state index contributed by atoms with van der Waals surface area (Å²) in [5.74, 6) is 0.858. The van der Waals surface area contributed by atoms with Crippen molar-refractivity contribution < 1.29 is 0 Å². The van der Waals surface area contributed by atoms with Crippen LogP contribution in [0, 0.1) is 0 Å². The number of aromatic nitrogens is 2. The Bertz CT molecular complexity index is 575. The minimum absolute atomic E-state index is 0.0406. The highest BCUT2D eigenvalue weighted by Crippen LogP contribution is 2.32. The molecule has 104 valence electrons. The van der Waals surface area contributed by atoms with Crippen molar-refractivity contribution in [1.82, 2.24) is 9.97 Å². The van der Waals surface area contributed by atoms with Crippen LogP contribution < -0.4 is 5.32 Å². The molecule has 0 spiro atoms. The molecule has 0 aliphatic rings. The maximum absolute atomic E-state index is 6.04. The molecule has 0 aromatic carbocycles. The summed E-state index contributed by atoms with van der Waals surface area (Å²) < 4.78 is 0. The monoisotopic (exact) mass is 297 g/mol. The zero-order chi connectivity index (χ0) is 14.0. The van der Waals surface area contributed by atoms with Gasteiger partial charge in [0.1, 0.15) is 10.6 Å². The fraction of sp³-hybridized carbons (Fsp3) is 0.571. The van der Waals surface area contributed by atoms with E-state index in [-0.39, 0.29) is 5.54 Å². The quantitative estimate of drug-likeness (QED) is 0.798. The van der Waals surface area contributed by atoms with E-state index in [9.17, 15) is 0 Å². The Morgan fingerprint density at radius 2 is 1.95 bits per heavy atom. The molecule has 0 saturated carbocycles. The van der Waals surface area contributed by atoms with Crippen LogP contribution >= 0.6 is 22.9 Å². The minimum Gasteiger partial charge on any atom is -0.364 e. The standard InChI is InChI=1S/C14H20ClN3S/c1-5-9-8-10-11(18-14(4,6-2)7-3)16-13(15)17-12(10)19-9/h8H,5-7H2,1-4H3,(H,16,17,18). The van der Waals surface area contributed by atoms with Crippen molar-refractivity contribution in [3.05, 3.63) is 16.2 Å². The van der Waals surface area contributed by atoms with Crippen LogP contribution in [0.15, 0.2) is 6.07 Å². The van der Waals surface area contributed by atoms with E-state index in [2.05, 4.69) is 49.0 Å². The van der Waals surface area contributed by atoms with Crippen molar-refractivity contribution in [2.75, 3.05) is 5.32 Å². The number of hydrogen-bond donors (Lipinski definition) is 1. The number of fused-ring (bicyclic) bond motifs is 1. The molecule has 0 unspecified atom stereocenters. The van der Waals surface area contributed by atoms with Crippen LogP contribution in [-0.2, 0) is 6.42 Å². The summed E-state index contributed by atoms with van der Waals surface area (Å²) in [6.45, 7) is 8.72. The fourth-order valence-corrected chi connectivity index (χ4v) is 3.11. The van der Waals surface area contributed by atoms with Gasteiger partial charge in [-0.25, -0.2) is 9.97 Å². The maximum atomic E-state index is 6.04. The third-order valence-corrected chi connectivity index (χ3v) is 5.09. The molecular formula is C14H20ClN3S. The second-order valence-corrected chi connectivity index (χ2v) is 6.47. The maximum Gasteiger partial charge on any atom is 0.225 e. The molecule has 0 bridgehead atoms. The van der Waals surface area contributed by atoms with Gasteiger partial charge in [-0.2, -0.15) is 0 Å². The van der Waals surface area contributed by atoms with Gasteiger partial charge in [-0.3, -0.25) is 0 Å². The number of aryl methyl sites for hydroxylation is 1. The van der Waals surface area contributed by atoms with E-state index >= 15 is 0 Å². The van der Waals surface area contributed by atoms with Crippen LogP contribution in [0.2, 0.25) is 5.28 Å². The predicted molar refractivity (Wildman–Crippen MR) is 84.4 cm³/mol. The molecular weight excluding hydrogens is 278 g/mol. The summed E-state index contributed by atoms with van der Waals surface area (Å²) in [5.41, 5.74) is 0.0406. The highest BCUT2D eigenvalue weighted by Gasteiger charge is 2.22. The molecule has 5 heteroatoms. The molecule has 0 amide bonds. The second kappa shape index (κ2) is 5.63. The number of anilines is 1. The van der Waals surface area contributed by atoms with Gasteiger partial charge < -0.3 is 5.32 Å². The molecule has 2 aromatic rings. The van der Waals surface area contributed by atoms with Gasteiger partial charge >= 0.3 is 0 Å². The smallest absolute Gasteiger partial charge is 0.225 e. The van der Waals surface area contributed by atoms with Crippen molar-refractivity contribution in [2.24, 2.45) is 0 Å². The molecule has 0 aliphatic heterocycles. The van der Waals surface area contributed by atoms with Crippen molar-refractivity contribution in [3.63, 3.8) is 0 Å². The predicted octanol–water partition coefficient (Wildman–Crippen LogP) is 4.90. The van der Waals surface area contributed by atoms with Crippen LogP contribution in [0.25, 0.3) is 10.2 Å². The molecule has 2 rings (SSSR count). The molecule has 19 heavy (non-hydrogen) atoms. The van der Waals surface area contributed by atoms with Gasteiger partial charge in [-0.1, -0.05) is 20.8 Å². The first-order valence-corrected chi connectivity index (χ1v) is 7.95. The Morgan fingerprint density at radius 3 is 2.53 bits per heavy atom. The Labute approximate surface area is 123 Å². The summed E-state index contributed by atoms with van der Waals surface area (Å²) >= 11 is 7.73. The van der Waals surface area contributed by atoms with Gasteiger partial charge in [0.25, 0.3) is 0 Å². The van der Waals surface area contributed by atoms with E-state index in [4.69, 9.17) is 11.6 Å². The third kappa shape index (κ3) is 3.00. The topological polar surface area (TPSA) is 37.8 Å². The lowest BCUT2D eigenvalue weighted by molar-refractivity contribution is 0.477.